The zero-order valence-corrected chi connectivity index (χ0v) is 20.6. The molecule has 0 aliphatic heterocycles. The zero-order chi connectivity index (χ0) is 25.4. The molecule has 0 aliphatic carbocycles. The molecule has 3 aromatic rings. The molecule has 0 saturated carbocycles. The molecule has 0 atom stereocenters. The first kappa shape index (κ1) is 25.6. The number of hydrazone groups is 1. The molecule has 3 aromatic carbocycles. The van der Waals surface area contributed by atoms with E-state index in [1.807, 2.05) is 6.92 Å². The van der Waals surface area contributed by atoms with Gasteiger partial charge in [0.2, 0.25) is 0 Å². The van der Waals surface area contributed by atoms with E-state index in [4.69, 9.17) is 18.4 Å². The van der Waals surface area contributed by atoms with E-state index in [2.05, 4.69) is 10.5 Å². The van der Waals surface area contributed by atoms with Crippen LogP contribution in [-0.2, 0) is 10.1 Å². The Morgan fingerprint density at radius 3 is 2.26 bits per heavy atom. The Bertz CT molecular complexity index is 1320. The number of methoxy groups -OCH3 is 2. The monoisotopic (exact) mass is 498 g/mol. The molecule has 9 nitrogen and oxygen atoms in total. The van der Waals surface area contributed by atoms with Crippen molar-refractivity contribution in [2.75, 3.05) is 20.8 Å². The predicted octanol–water partition coefficient (Wildman–Crippen LogP) is 3.94. The average Bonchev–Trinajstić information content (AvgIpc) is 2.85. The number of benzene rings is 3. The molecule has 0 heterocycles. The molecule has 0 aromatic heterocycles. The van der Waals surface area contributed by atoms with E-state index in [9.17, 15) is 13.2 Å². The number of rotatable bonds is 10. The zero-order valence-electron chi connectivity index (χ0n) is 19.8. The lowest BCUT2D eigenvalue weighted by molar-refractivity contribution is 0.0954. The summed E-state index contributed by atoms with van der Waals surface area (Å²) in [5, 5.41) is 3.97. The number of nitrogens with one attached hydrogen (secondary N) is 1. The number of hydrogen-bond acceptors (Lipinski definition) is 8. The van der Waals surface area contributed by atoms with Crippen molar-refractivity contribution < 1.29 is 31.6 Å². The van der Waals surface area contributed by atoms with Crippen molar-refractivity contribution in [3.05, 3.63) is 77.4 Å². The second-order valence-electron chi connectivity index (χ2n) is 7.26. The normalized spacial score (nSPS) is 11.2. The molecule has 184 valence electrons. The van der Waals surface area contributed by atoms with E-state index in [1.165, 1.54) is 44.7 Å². The van der Waals surface area contributed by atoms with E-state index in [0.29, 0.717) is 22.6 Å². The molecule has 35 heavy (non-hydrogen) atoms. The maximum atomic E-state index is 12.7. The summed E-state index contributed by atoms with van der Waals surface area (Å²) in [7, 11) is -1.06. The van der Waals surface area contributed by atoms with Gasteiger partial charge in [-0.15, -0.1) is 0 Å². The highest BCUT2D eigenvalue weighted by atomic mass is 32.2. The number of carbonyl (C=O) groups excluding carboxylic acids is 1. The fourth-order valence-corrected chi connectivity index (χ4v) is 3.96. The van der Waals surface area contributed by atoms with Crippen LogP contribution in [0.3, 0.4) is 0 Å². The third-order valence-corrected chi connectivity index (χ3v) is 6.05. The van der Waals surface area contributed by atoms with E-state index >= 15 is 0 Å². The minimum absolute atomic E-state index is 0.0362. The van der Waals surface area contributed by atoms with Crippen molar-refractivity contribution in [3.63, 3.8) is 0 Å². The minimum Gasteiger partial charge on any atom is -0.493 e. The Labute approximate surface area is 204 Å². The molecule has 0 bridgehead atoms. The van der Waals surface area contributed by atoms with E-state index in [1.54, 1.807) is 43.3 Å². The third-order valence-electron chi connectivity index (χ3n) is 4.80. The number of hydrogen-bond donors (Lipinski definition) is 1. The number of ether oxygens (including phenoxy) is 3. The van der Waals surface area contributed by atoms with Gasteiger partial charge in [-0.1, -0.05) is 17.7 Å². The summed E-state index contributed by atoms with van der Waals surface area (Å²) in [6, 6.07) is 15.7. The summed E-state index contributed by atoms with van der Waals surface area (Å²) in [5.41, 5.74) is 4.25. The molecule has 0 unspecified atom stereocenters. The Balaban J connectivity index is 1.74. The number of aryl methyl sites for hydroxylation is 1. The summed E-state index contributed by atoms with van der Waals surface area (Å²) in [6.45, 7) is 3.92. The van der Waals surface area contributed by atoms with Crippen LogP contribution in [0, 0.1) is 6.92 Å². The molecular weight excluding hydrogens is 472 g/mol. The number of amides is 1. The molecule has 0 radical (unpaired) electrons. The quantitative estimate of drug-likeness (QED) is 0.256. The van der Waals surface area contributed by atoms with Crippen LogP contribution in [0.4, 0.5) is 0 Å². The highest BCUT2D eigenvalue weighted by Crippen LogP contribution is 2.31. The molecule has 1 amide bonds. The van der Waals surface area contributed by atoms with Crippen LogP contribution >= 0.6 is 0 Å². The lowest BCUT2D eigenvalue weighted by Crippen LogP contribution is -2.17. The van der Waals surface area contributed by atoms with Gasteiger partial charge >= 0.3 is 10.1 Å². The Morgan fingerprint density at radius 1 is 0.914 bits per heavy atom. The van der Waals surface area contributed by atoms with Crippen molar-refractivity contribution in [3.8, 4) is 23.0 Å². The van der Waals surface area contributed by atoms with Gasteiger partial charge in [-0.25, -0.2) is 5.43 Å². The van der Waals surface area contributed by atoms with E-state index < -0.39 is 16.0 Å². The van der Waals surface area contributed by atoms with Crippen LogP contribution in [0.15, 0.2) is 70.7 Å². The van der Waals surface area contributed by atoms with Gasteiger partial charge in [0.25, 0.3) is 5.91 Å². The molecule has 0 aliphatic rings. The van der Waals surface area contributed by atoms with Crippen molar-refractivity contribution >= 4 is 22.2 Å². The van der Waals surface area contributed by atoms with Gasteiger partial charge in [-0.2, -0.15) is 13.5 Å². The van der Waals surface area contributed by atoms with Crippen LogP contribution in [-0.4, -0.2) is 41.4 Å². The highest BCUT2D eigenvalue weighted by molar-refractivity contribution is 7.87. The Kier molecular flexibility index (Phi) is 8.32. The molecule has 0 spiro atoms. The highest BCUT2D eigenvalue weighted by Gasteiger charge is 2.19. The second-order valence-corrected chi connectivity index (χ2v) is 8.80. The van der Waals surface area contributed by atoms with Gasteiger partial charge < -0.3 is 18.4 Å². The van der Waals surface area contributed by atoms with Crippen LogP contribution in [0.25, 0.3) is 0 Å². The molecule has 10 heteroatoms. The molecule has 1 N–H and O–H groups in total. The average molecular weight is 499 g/mol. The summed E-state index contributed by atoms with van der Waals surface area (Å²) in [5.74, 6) is 0.734. The maximum Gasteiger partial charge on any atom is 0.339 e. The Morgan fingerprint density at radius 2 is 1.60 bits per heavy atom. The first-order valence-corrected chi connectivity index (χ1v) is 12.0. The number of carbonyl (C=O) groups is 1. The lowest BCUT2D eigenvalue weighted by atomic mass is 10.2. The van der Waals surface area contributed by atoms with Crippen LogP contribution < -0.4 is 23.8 Å². The molecule has 0 saturated heterocycles. The third kappa shape index (κ3) is 6.51. The van der Waals surface area contributed by atoms with E-state index in [-0.39, 0.29) is 23.0 Å². The summed E-state index contributed by atoms with van der Waals surface area (Å²) in [4.78, 5) is 12.4. The van der Waals surface area contributed by atoms with Gasteiger partial charge in [0.05, 0.1) is 27.0 Å². The van der Waals surface area contributed by atoms with Crippen molar-refractivity contribution in [2.24, 2.45) is 5.10 Å². The largest absolute Gasteiger partial charge is 0.493 e. The second kappa shape index (κ2) is 11.4. The first-order valence-electron chi connectivity index (χ1n) is 10.6. The number of nitrogens with zero attached hydrogens (tertiary/aromatic N) is 1. The van der Waals surface area contributed by atoms with Crippen LogP contribution in [0.5, 0.6) is 23.0 Å². The van der Waals surface area contributed by atoms with Crippen molar-refractivity contribution in [1.82, 2.24) is 5.43 Å². The fourth-order valence-electron chi connectivity index (χ4n) is 3.02. The van der Waals surface area contributed by atoms with Gasteiger partial charge in [-0.05, 0) is 67.9 Å². The van der Waals surface area contributed by atoms with Crippen LogP contribution in [0.2, 0.25) is 0 Å². The van der Waals surface area contributed by atoms with Gasteiger partial charge in [0.1, 0.15) is 4.90 Å². The SMILES string of the molecule is CCOc1cc(/C=N/NC(=O)c2ccc(OC)c(OC)c2)ccc1OS(=O)(=O)c1ccc(C)cc1. The molecular formula is C25H26N2O7S. The summed E-state index contributed by atoms with van der Waals surface area (Å²) < 4.78 is 46.6. The standard InChI is InChI=1S/C25H26N2O7S/c1-5-33-24-14-18(8-12-22(24)34-35(29,30)20-10-6-17(2)7-11-20)16-26-27-25(28)19-9-13-21(31-3)23(15-19)32-4/h6-16H,5H2,1-4H3,(H,27,28)/b26-16+. The Hall–Kier alpha value is -4.05. The molecule has 0 fully saturated rings. The fraction of sp³-hybridized carbons (Fsp3) is 0.200. The smallest absolute Gasteiger partial charge is 0.339 e. The predicted molar refractivity (Wildman–Crippen MR) is 131 cm³/mol. The van der Waals surface area contributed by atoms with Gasteiger partial charge in [0, 0.05) is 5.56 Å². The maximum absolute atomic E-state index is 12.7. The lowest BCUT2D eigenvalue weighted by Gasteiger charge is -2.12. The summed E-state index contributed by atoms with van der Waals surface area (Å²) in [6.07, 6.45) is 1.40. The molecule has 3 rings (SSSR count). The minimum atomic E-state index is -4.04. The topological polar surface area (TPSA) is 113 Å². The van der Waals surface area contributed by atoms with Crippen LogP contribution in [0.1, 0.15) is 28.4 Å². The van der Waals surface area contributed by atoms with Gasteiger partial charge in [0.15, 0.2) is 23.0 Å². The van der Waals surface area contributed by atoms with E-state index in [0.717, 1.165) is 5.56 Å². The van der Waals surface area contributed by atoms with Crippen molar-refractivity contribution in [1.29, 1.82) is 0 Å². The summed E-state index contributed by atoms with van der Waals surface area (Å²) >= 11 is 0. The van der Waals surface area contributed by atoms with Crippen molar-refractivity contribution in [2.45, 2.75) is 18.7 Å². The first-order chi connectivity index (χ1) is 16.8. The van der Waals surface area contributed by atoms with Gasteiger partial charge in [-0.3, -0.25) is 4.79 Å².